The van der Waals surface area contributed by atoms with Gasteiger partial charge in [0.1, 0.15) is 11.3 Å². The first kappa shape index (κ1) is 14.1. The smallest absolute Gasteiger partial charge is 0.314 e. The van der Waals surface area contributed by atoms with Gasteiger partial charge in [0.25, 0.3) is 0 Å². The number of fused-ring (bicyclic) bond motifs is 1. The molecule has 2 heterocycles. The lowest BCUT2D eigenvalue weighted by Gasteiger charge is -2.12. The van der Waals surface area contributed by atoms with Gasteiger partial charge in [-0.15, -0.1) is 0 Å². The quantitative estimate of drug-likeness (QED) is 0.576. The van der Waals surface area contributed by atoms with Crippen molar-refractivity contribution in [1.29, 1.82) is 0 Å². The van der Waals surface area contributed by atoms with Crippen LogP contribution in [0.3, 0.4) is 0 Å². The van der Waals surface area contributed by atoms with Crippen LogP contribution in [0, 0.1) is 17.0 Å². The van der Waals surface area contributed by atoms with Crippen LogP contribution in [0.4, 0.5) is 11.5 Å². The summed E-state index contributed by atoms with van der Waals surface area (Å²) in [6.07, 6.45) is 1.55. The van der Waals surface area contributed by atoms with E-state index in [2.05, 4.69) is 10.3 Å². The van der Waals surface area contributed by atoms with Crippen molar-refractivity contribution in [3.63, 3.8) is 0 Å². The lowest BCUT2D eigenvalue weighted by atomic mass is 10.2. The molecule has 0 amide bonds. The highest BCUT2D eigenvalue weighted by atomic mass is 16.6. The largest absolute Gasteiger partial charge is 0.459 e. The maximum absolute atomic E-state index is 11.2. The van der Waals surface area contributed by atoms with Crippen LogP contribution in [-0.2, 0) is 0 Å². The first-order valence-electron chi connectivity index (χ1n) is 6.91. The minimum absolute atomic E-state index is 0.00883. The number of pyridine rings is 1. The van der Waals surface area contributed by atoms with Gasteiger partial charge in [-0.2, -0.15) is 0 Å². The number of nitrogens with zero attached hydrogens (tertiary/aromatic N) is 2. The predicted octanol–water partition coefficient (Wildman–Crippen LogP) is 4.22. The Hall–Kier alpha value is -2.89. The van der Waals surface area contributed by atoms with Gasteiger partial charge in [-0.3, -0.25) is 10.1 Å². The molecule has 22 heavy (non-hydrogen) atoms. The van der Waals surface area contributed by atoms with Gasteiger partial charge in [0.15, 0.2) is 0 Å². The molecule has 1 atom stereocenters. The number of para-hydroxylation sites is 1. The molecule has 0 fully saturated rings. The van der Waals surface area contributed by atoms with Gasteiger partial charge in [0.05, 0.1) is 11.0 Å². The normalized spacial score (nSPS) is 12.3. The van der Waals surface area contributed by atoms with Crippen molar-refractivity contribution in [3.05, 3.63) is 64.0 Å². The molecule has 6 nitrogen and oxygen atoms in total. The highest BCUT2D eigenvalue weighted by Gasteiger charge is 2.21. The molecule has 2 aromatic heterocycles. The van der Waals surface area contributed by atoms with E-state index in [0.29, 0.717) is 11.3 Å². The second kappa shape index (κ2) is 5.48. The molecule has 0 bridgehead atoms. The number of nitrogens with one attached hydrogen (secondary N) is 1. The summed E-state index contributed by atoms with van der Waals surface area (Å²) in [7, 11) is 0. The first-order valence-corrected chi connectivity index (χ1v) is 6.91. The molecule has 1 N–H and O–H groups in total. The molecule has 0 aliphatic heterocycles. The number of rotatable bonds is 4. The zero-order valence-electron chi connectivity index (χ0n) is 12.2. The van der Waals surface area contributed by atoms with Gasteiger partial charge in [-0.25, -0.2) is 4.98 Å². The van der Waals surface area contributed by atoms with Crippen LogP contribution in [0.2, 0.25) is 0 Å². The van der Waals surface area contributed by atoms with E-state index in [1.807, 2.05) is 37.3 Å². The van der Waals surface area contributed by atoms with Crippen LogP contribution in [0.5, 0.6) is 0 Å². The summed E-state index contributed by atoms with van der Waals surface area (Å²) in [5.41, 5.74) is 1.35. The molecule has 0 saturated heterocycles. The fraction of sp³-hybridized carbons (Fsp3) is 0.188. The second-order valence-corrected chi connectivity index (χ2v) is 5.13. The number of nitro groups is 1. The summed E-state index contributed by atoms with van der Waals surface area (Å²) in [5.74, 6) is 0.955. The van der Waals surface area contributed by atoms with Crippen molar-refractivity contribution in [2.75, 3.05) is 5.32 Å². The monoisotopic (exact) mass is 297 g/mol. The molecular formula is C16H15N3O3. The highest BCUT2D eigenvalue weighted by Crippen LogP contribution is 2.30. The topological polar surface area (TPSA) is 81.2 Å². The molecule has 0 radical (unpaired) electrons. The standard InChI is InChI=1S/C16H15N3O3/c1-10-7-8-17-16(15(10)19(20)21)18-11(2)14-9-12-5-3-4-6-13(12)22-14/h3-9,11H,1-2H3,(H,17,18)/t11-/m1/s1. The molecule has 0 aliphatic carbocycles. The second-order valence-electron chi connectivity index (χ2n) is 5.13. The molecule has 1 aromatic carbocycles. The molecule has 3 aromatic rings. The molecule has 3 rings (SSSR count). The lowest BCUT2D eigenvalue weighted by Crippen LogP contribution is -2.09. The summed E-state index contributed by atoms with van der Waals surface area (Å²) < 4.78 is 5.77. The van der Waals surface area contributed by atoms with E-state index < -0.39 is 4.92 Å². The molecule has 6 heteroatoms. The van der Waals surface area contributed by atoms with Crippen LogP contribution in [-0.4, -0.2) is 9.91 Å². The van der Waals surface area contributed by atoms with Gasteiger partial charge < -0.3 is 9.73 Å². The van der Waals surface area contributed by atoms with E-state index in [9.17, 15) is 10.1 Å². The average molecular weight is 297 g/mol. The number of anilines is 1. The molecule has 0 aliphatic rings. The number of furan rings is 1. The average Bonchev–Trinajstić information content (AvgIpc) is 2.91. The Balaban J connectivity index is 1.93. The van der Waals surface area contributed by atoms with Gasteiger partial charge in [-0.1, -0.05) is 18.2 Å². The van der Waals surface area contributed by atoms with Gasteiger partial charge in [0.2, 0.25) is 5.82 Å². The Morgan fingerprint density at radius 3 is 2.82 bits per heavy atom. The summed E-state index contributed by atoms with van der Waals surface area (Å²) in [5, 5.41) is 15.3. The summed E-state index contributed by atoms with van der Waals surface area (Å²) in [6.45, 7) is 3.57. The van der Waals surface area contributed by atoms with Crippen LogP contribution in [0.15, 0.2) is 47.0 Å². The summed E-state index contributed by atoms with van der Waals surface area (Å²) >= 11 is 0. The molecule has 0 saturated carbocycles. The Morgan fingerprint density at radius 2 is 2.09 bits per heavy atom. The summed E-state index contributed by atoms with van der Waals surface area (Å²) in [6, 6.07) is 11.0. The maximum Gasteiger partial charge on any atom is 0.314 e. The van der Waals surface area contributed by atoms with Gasteiger partial charge in [-0.05, 0) is 32.0 Å². The highest BCUT2D eigenvalue weighted by molar-refractivity contribution is 5.78. The maximum atomic E-state index is 11.2. The van der Waals surface area contributed by atoms with Gasteiger partial charge in [0, 0.05) is 17.1 Å². The molecule has 0 spiro atoms. The minimum Gasteiger partial charge on any atom is -0.459 e. The van der Waals surface area contributed by atoms with E-state index in [-0.39, 0.29) is 17.5 Å². The van der Waals surface area contributed by atoms with Crippen molar-refractivity contribution in [1.82, 2.24) is 4.98 Å². The number of aryl methyl sites for hydroxylation is 1. The Kier molecular flexibility index (Phi) is 3.50. The minimum atomic E-state index is -0.421. The van der Waals surface area contributed by atoms with Crippen molar-refractivity contribution in [2.45, 2.75) is 19.9 Å². The lowest BCUT2D eigenvalue weighted by molar-refractivity contribution is -0.384. The zero-order valence-corrected chi connectivity index (χ0v) is 12.2. The Bertz CT molecular complexity index is 809. The van der Waals surface area contributed by atoms with Crippen molar-refractivity contribution in [3.8, 4) is 0 Å². The third kappa shape index (κ3) is 2.50. The summed E-state index contributed by atoms with van der Waals surface area (Å²) in [4.78, 5) is 14.9. The van der Waals surface area contributed by atoms with Crippen molar-refractivity contribution < 1.29 is 9.34 Å². The third-order valence-electron chi connectivity index (χ3n) is 3.53. The molecule has 112 valence electrons. The zero-order chi connectivity index (χ0) is 15.7. The van der Waals surface area contributed by atoms with Crippen LogP contribution < -0.4 is 5.32 Å². The van der Waals surface area contributed by atoms with E-state index in [1.165, 1.54) is 0 Å². The van der Waals surface area contributed by atoms with Crippen molar-refractivity contribution >= 4 is 22.5 Å². The van der Waals surface area contributed by atoms with Crippen molar-refractivity contribution in [2.24, 2.45) is 0 Å². The molecule has 0 unspecified atom stereocenters. The van der Waals surface area contributed by atoms with E-state index in [4.69, 9.17) is 4.42 Å². The first-order chi connectivity index (χ1) is 10.6. The van der Waals surface area contributed by atoms with Crippen LogP contribution >= 0.6 is 0 Å². The van der Waals surface area contributed by atoms with Crippen LogP contribution in [0.25, 0.3) is 11.0 Å². The number of hydrogen-bond donors (Lipinski definition) is 1. The number of aromatic nitrogens is 1. The molecular weight excluding hydrogens is 282 g/mol. The van der Waals surface area contributed by atoms with E-state index in [1.54, 1.807) is 19.2 Å². The third-order valence-corrected chi connectivity index (χ3v) is 3.53. The number of hydrogen-bond acceptors (Lipinski definition) is 5. The van der Waals surface area contributed by atoms with Crippen LogP contribution in [0.1, 0.15) is 24.3 Å². The van der Waals surface area contributed by atoms with E-state index >= 15 is 0 Å². The fourth-order valence-corrected chi connectivity index (χ4v) is 2.38. The number of benzene rings is 1. The predicted molar refractivity (Wildman–Crippen MR) is 83.9 cm³/mol. The Labute approximate surface area is 126 Å². The SMILES string of the molecule is Cc1ccnc(N[C@H](C)c2cc3ccccc3o2)c1[N+](=O)[O-]. The fourth-order valence-electron chi connectivity index (χ4n) is 2.38. The van der Waals surface area contributed by atoms with Gasteiger partial charge >= 0.3 is 5.69 Å². The van der Waals surface area contributed by atoms with E-state index in [0.717, 1.165) is 11.0 Å². The Morgan fingerprint density at radius 1 is 1.32 bits per heavy atom.